The fraction of sp³-hybridized carbons (Fsp3) is 0.652. The van der Waals surface area contributed by atoms with Crippen LogP contribution in [0.15, 0.2) is 27.4 Å². The van der Waals surface area contributed by atoms with Crippen LogP contribution in [0.2, 0.25) is 0 Å². The summed E-state index contributed by atoms with van der Waals surface area (Å²) in [5.74, 6) is -1.40. The van der Waals surface area contributed by atoms with Crippen LogP contribution in [-0.2, 0) is 28.1 Å². The Morgan fingerprint density at radius 2 is 1.92 bits per heavy atom. The molecule has 4 rings (SSSR count). The number of nitrogens with one attached hydrogen (secondary N) is 2. The monoisotopic (exact) mass is 525 g/mol. The molecule has 0 aromatic carbocycles. The molecule has 36 heavy (non-hydrogen) atoms. The van der Waals surface area contributed by atoms with Crippen molar-refractivity contribution in [2.24, 2.45) is 11.8 Å². The summed E-state index contributed by atoms with van der Waals surface area (Å²) < 4.78 is 24.7. The molecule has 3 aliphatic rings. The Bertz CT molecular complexity index is 1150. The van der Waals surface area contributed by atoms with Gasteiger partial charge in [0.05, 0.1) is 36.9 Å². The van der Waals surface area contributed by atoms with Gasteiger partial charge < -0.3 is 23.4 Å². The summed E-state index contributed by atoms with van der Waals surface area (Å²) in [4.78, 5) is 60.6. The molecule has 0 aliphatic carbocycles. The number of imide groups is 1. The molecule has 3 N–H and O–H groups in total. The largest absolute Gasteiger partial charge is 0.371 e. The highest BCUT2D eigenvalue weighted by atomic mass is 31.2. The molecule has 0 radical (unpaired) electrons. The minimum atomic E-state index is -2.25. The summed E-state index contributed by atoms with van der Waals surface area (Å²) in [5, 5.41) is 2.34. The zero-order chi connectivity index (χ0) is 26.1. The lowest BCUT2D eigenvalue weighted by atomic mass is 9.92. The van der Waals surface area contributed by atoms with Gasteiger partial charge in [0.25, 0.3) is 11.5 Å². The number of ether oxygens (including phenoxy) is 2. The molecule has 13 heteroatoms. The van der Waals surface area contributed by atoms with Crippen molar-refractivity contribution in [1.29, 1.82) is 0 Å². The van der Waals surface area contributed by atoms with E-state index < -0.39 is 56.0 Å². The maximum atomic E-state index is 12.3. The third-order valence-corrected chi connectivity index (χ3v) is 7.75. The number of H-pyrrole nitrogens is 1. The SMILES string of the molecule is CC[C@H]1O[C@@H](C2C=C(C)C(=O)NC2=O)C[C@H]1OP(O)OC[C@H]1O[C@@H](n2cc(C)c(=O)[nH]c2=O)C[C@H]1C. The van der Waals surface area contributed by atoms with Gasteiger partial charge >= 0.3 is 14.3 Å². The number of carbonyl (C=O) groups is 2. The van der Waals surface area contributed by atoms with Crippen LogP contribution in [0, 0.1) is 18.8 Å². The number of hydrogen-bond donors (Lipinski definition) is 3. The van der Waals surface area contributed by atoms with Crippen molar-refractivity contribution in [3.05, 3.63) is 44.2 Å². The first-order valence-corrected chi connectivity index (χ1v) is 13.2. The summed E-state index contributed by atoms with van der Waals surface area (Å²) in [5.41, 5.74) is -0.114. The van der Waals surface area contributed by atoms with Gasteiger partial charge in [0.15, 0.2) is 0 Å². The summed E-state index contributed by atoms with van der Waals surface area (Å²) in [6.45, 7) is 7.18. The van der Waals surface area contributed by atoms with E-state index in [0.717, 1.165) is 0 Å². The molecule has 3 aliphatic heterocycles. The topological polar surface area (TPSA) is 158 Å². The molecule has 4 heterocycles. The Labute approximate surface area is 209 Å². The molecule has 0 saturated carbocycles. The fourth-order valence-corrected chi connectivity index (χ4v) is 5.56. The normalized spacial score (nSPS) is 33.5. The van der Waals surface area contributed by atoms with Gasteiger partial charge in [-0.1, -0.05) is 19.9 Å². The molecule has 2 saturated heterocycles. The third-order valence-electron chi connectivity index (χ3n) is 6.93. The van der Waals surface area contributed by atoms with Crippen molar-refractivity contribution in [3.63, 3.8) is 0 Å². The number of aryl methyl sites for hydroxylation is 1. The Hall–Kier alpha value is -2.21. The van der Waals surface area contributed by atoms with Crippen molar-refractivity contribution < 1.29 is 33.0 Å². The van der Waals surface area contributed by atoms with Gasteiger partial charge in [-0.05, 0) is 32.6 Å². The van der Waals surface area contributed by atoms with Crippen molar-refractivity contribution in [2.45, 2.75) is 77.6 Å². The van der Waals surface area contributed by atoms with E-state index in [1.165, 1.54) is 10.8 Å². The minimum Gasteiger partial charge on any atom is -0.371 e. The van der Waals surface area contributed by atoms with Gasteiger partial charge in [0.2, 0.25) is 5.91 Å². The molecule has 0 bridgehead atoms. The quantitative estimate of drug-likeness (QED) is 0.335. The maximum Gasteiger partial charge on any atom is 0.330 e. The number of aromatic amines is 1. The average Bonchev–Trinajstić information content (AvgIpc) is 3.40. The predicted octanol–water partition coefficient (Wildman–Crippen LogP) is 1.18. The van der Waals surface area contributed by atoms with Crippen LogP contribution < -0.4 is 16.6 Å². The number of hydrogen-bond acceptors (Lipinski definition) is 9. The second-order valence-corrected chi connectivity index (χ2v) is 10.5. The second kappa shape index (κ2) is 11.0. The van der Waals surface area contributed by atoms with E-state index in [1.807, 2.05) is 13.8 Å². The van der Waals surface area contributed by atoms with E-state index in [2.05, 4.69) is 10.3 Å². The van der Waals surface area contributed by atoms with Crippen molar-refractivity contribution in [1.82, 2.24) is 14.9 Å². The minimum absolute atomic E-state index is 0.0302. The second-order valence-electron chi connectivity index (χ2n) is 9.55. The van der Waals surface area contributed by atoms with Gasteiger partial charge in [-0.25, -0.2) is 4.79 Å². The first-order valence-electron chi connectivity index (χ1n) is 12.0. The molecular weight excluding hydrogens is 493 g/mol. The molecule has 0 spiro atoms. The smallest absolute Gasteiger partial charge is 0.330 e. The lowest BCUT2D eigenvalue weighted by Gasteiger charge is -2.23. The van der Waals surface area contributed by atoms with E-state index in [9.17, 15) is 24.1 Å². The van der Waals surface area contributed by atoms with Crippen molar-refractivity contribution in [2.75, 3.05) is 6.61 Å². The summed E-state index contributed by atoms with van der Waals surface area (Å²) >= 11 is 0. The summed E-state index contributed by atoms with van der Waals surface area (Å²) in [7, 11) is -2.25. The highest BCUT2D eigenvalue weighted by Crippen LogP contribution is 2.43. The predicted molar refractivity (Wildman–Crippen MR) is 128 cm³/mol. The van der Waals surface area contributed by atoms with E-state index in [1.54, 1.807) is 19.9 Å². The summed E-state index contributed by atoms with van der Waals surface area (Å²) in [6.07, 6.45) is 2.37. The van der Waals surface area contributed by atoms with E-state index >= 15 is 0 Å². The van der Waals surface area contributed by atoms with Crippen LogP contribution in [0.4, 0.5) is 0 Å². The molecule has 2 amide bonds. The fourth-order valence-electron chi connectivity index (χ4n) is 4.77. The van der Waals surface area contributed by atoms with Crippen LogP contribution >= 0.6 is 8.60 Å². The van der Waals surface area contributed by atoms with Gasteiger partial charge in [-0.15, -0.1) is 0 Å². The Morgan fingerprint density at radius 3 is 2.64 bits per heavy atom. The van der Waals surface area contributed by atoms with E-state index in [0.29, 0.717) is 30.4 Å². The van der Waals surface area contributed by atoms with Crippen LogP contribution in [0.3, 0.4) is 0 Å². The van der Waals surface area contributed by atoms with Crippen LogP contribution in [-0.4, -0.2) is 57.3 Å². The Kier molecular flexibility index (Phi) is 8.23. The van der Waals surface area contributed by atoms with Crippen LogP contribution in [0.5, 0.6) is 0 Å². The number of aromatic nitrogens is 2. The van der Waals surface area contributed by atoms with E-state index in [4.69, 9.17) is 18.5 Å². The zero-order valence-corrected chi connectivity index (χ0v) is 21.5. The molecule has 1 aromatic heterocycles. The molecule has 12 nitrogen and oxygen atoms in total. The number of carbonyl (C=O) groups excluding carboxylic acids is 2. The van der Waals surface area contributed by atoms with E-state index in [-0.39, 0.29) is 24.7 Å². The summed E-state index contributed by atoms with van der Waals surface area (Å²) in [6, 6.07) is 0. The highest BCUT2D eigenvalue weighted by molar-refractivity contribution is 7.40. The number of nitrogens with zero attached hydrogens (tertiary/aromatic N) is 1. The molecule has 2 unspecified atom stereocenters. The highest BCUT2D eigenvalue weighted by Gasteiger charge is 2.44. The van der Waals surface area contributed by atoms with Crippen LogP contribution in [0.25, 0.3) is 0 Å². The Balaban J connectivity index is 1.31. The Morgan fingerprint density at radius 1 is 1.17 bits per heavy atom. The average molecular weight is 525 g/mol. The van der Waals surface area contributed by atoms with Crippen molar-refractivity contribution in [3.8, 4) is 0 Å². The standard InChI is InChI=1S/C23H32N3O9P/c1-5-15-17(8-16(33-15)14-6-12(3)20(27)24-22(14)29)35-36(31)32-10-18-11(2)7-19(34-18)26-9-13(4)21(28)25-23(26)30/h6,9,11,14-19,31H,5,7-8,10H2,1-4H3,(H,24,27,29)(H,25,28,30)/t11-,14?,15-,16-,17-,18-,19-,36?/m1/s1. The lowest BCUT2D eigenvalue weighted by Crippen LogP contribution is -2.44. The molecular formula is C23H32N3O9P. The first-order chi connectivity index (χ1) is 17.1. The third kappa shape index (κ3) is 5.69. The molecule has 1 aromatic rings. The maximum absolute atomic E-state index is 12.3. The van der Waals surface area contributed by atoms with Gasteiger partial charge in [-0.2, -0.15) is 0 Å². The van der Waals surface area contributed by atoms with Gasteiger partial charge in [0.1, 0.15) is 6.23 Å². The molecule has 8 atom stereocenters. The van der Waals surface area contributed by atoms with Crippen molar-refractivity contribution >= 4 is 20.4 Å². The lowest BCUT2D eigenvalue weighted by molar-refractivity contribution is -0.134. The molecule has 198 valence electrons. The van der Waals surface area contributed by atoms with Crippen LogP contribution in [0.1, 0.15) is 51.8 Å². The zero-order valence-electron chi connectivity index (χ0n) is 20.6. The molecule has 2 fully saturated rings. The number of rotatable bonds is 8. The van der Waals surface area contributed by atoms with Gasteiger partial charge in [0, 0.05) is 23.8 Å². The van der Waals surface area contributed by atoms with Gasteiger partial charge in [-0.3, -0.25) is 29.3 Å². The number of amides is 2. The first kappa shape index (κ1) is 26.8.